The molecule has 0 saturated carbocycles. The van der Waals surface area contributed by atoms with Crippen LogP contribution in [0.25, 0.3) is 77.2 Å². The van der Waals surface area contributed by atoms with Crippen molar-refractivity contribution < 1.29 is 0 Å². The molecule has 0 bridgehead atoms. The van der Waals surface area contributed by atoms with Gasteiger partial charge in [-0.15, -0.1) is 0 Å². The molecule has 2 heteroatoms. The minimum Gasteiger partial charge on any atom is -0.311 e. The van der Waals surface area contributed by atoms with E-state index in [1.807, 2.05) is 0 Å². The molecule has 12 rings (SSSR count). The van der Waals surface area contributed by atoms with Crippen molar-refractivity contribution in [3.63, 3.8) is 0 Å². The Kier molecular flexibility index (Phi) is 11.3. The van der Waals surface area contributed by atoms with Crippen LogP contribution in [0.2, 0.25) is 0 Å². The molecule has 70 heavy (non-hydrogen) atoms. The highest BCUT2D eigenvalue weighted by atomic mass is 15.1. The van der Waals surface area contributed by atoms with Crippen molar-refractivity contribution in [3.05, 3.63) is 291 Å². The van der Waals surface area contributed by atoms with Crippen LogP contribution in [0, 0.1) is 0 Å². The zero-order valence-electron chi connectivity index (χ0n) is 38.6. The predicted octanol–water partition coefficient (Wildman–Crippen LogP) is 19.3. The van der Waals surface area contributed by atoms with E-state index in [0.717, 1.165) is 45.3 Å². The average Bonchev–Trinajstić information content (AvgIpc) is 3.44. The first kappa shape index (κ1) is 42.1. The summed E-state index contributed by atoms with van der Waals surface area (Å²) in [4.78, 5) is 4.65. The Morgan fingerprint density at radius 1 is 0.157 bits per heavy atom. The summed E-state index contributed by atoms with van der Waals surface area (Å²) < 4.78 is 0. The normalized spacial score (nSPS) is 11.1. The van der Waals surface area contributed by atoms with Crippen LogP contribution >= 0.6 is 0 Å². The van der Waals surface area contributed by atoms with Crippen molar-refractivity contribution in [2.75, 3.05) is 9.80 Å². The first-order valence-corrected chi connectivity index (χ1v) is 24.0. The predicted molar refractivity (Wildman–Crippen MR) is 298 cm³/mol. The smallest absolute Gasteiger partial charge is 0.0462 e. The number of hydrogen-bond donors (Lipinski definition) is 0. The molecule has 2 nitrogen and oxygen atoms in total. The summed E-state index contributed by atoms with van der Waals surface area (Å²) in [6.45, 7) is 0. The van der Waals surface area contributed by atoms with Gasteiger partial charge in [0.05, 0.1) is 0 Å². The van der Waals surface area contributed by atoms with Gasteiger partial charge in [0.2, 0.25) is 0 Å². The summed E-state index contributed by atoms with van der Waals surface area (Å²) in [5.41, 5.74) is 18.6. The lowest BCUT2D eigenvalue weighted by Gasteiger charge is -2.26. The van der Waals surface area contributed by atoms with Gasteiger partial charge in [0.1, 0.15) is 0 Å². The van der Waals surface area contributed by atoms with E-state index in [9.17, 15) is 0 Å². The molecular formula is C68H48N2. The van der Waals surface area contributed by atoms with E-state index in [1.54, 1.807) is 0 Å². The van der Waals surface area contributed by atoms with Crippen LogP contribution < -0.4 is 9.80 Å². The largest absolute Gasteiger partial charge is 0.311 e. The van der Waals surface area contributed by atoms with Gasteiger partial charge >= 0.3 is 0 Å². The Balaban J connectivity index is 0.780. The number of anilines is 6. The third-order valence-electron chi connectivity index (χ3n) is 13.5. The Morgan fingerprint density at radius 2 is 0.386 bits per heavy atom. The lowest BCUT2D eigenvalue weighted by Crippen LogP contribution is -2.10. The molecule has 0 aliphatic carbocycles. The highest BCUT2D eigenvalue weighted by Crippen LogP contribution is 2.40. The molecular weight excluding hydrogens is 845 g/mol. The Bertz CT molecular complexity index is 3430. The number of rotatable bonds is 11. The number of para-hydroxylation sites is 2. The Morgan fingerprint density at radius 3 is 0.700 bits per heavy atom. The molecule has 0 spiro atoms. The van der Waals surface area contributed by atoms with E-state index in [1.165, 1.54) is 66.1 Å². The van der Waals surface area contributed by atoms with E-state index in [4.69, 9.17) is 0 Å². The van der Waals surface area contributed by atoms with Crippen molar-refractivity contribution in [1.82, 2.24) is 0 Å². The van der Waals surface area contributed by atoms with Crippen LogP contribution in [0.5, 0.6) is 0 Å². The summed E-state index contributed by atoms with van der Waals surface area (Å²) >= 11 is 0. The summed E-state index contributed by atoms with van der Waals surface area (Å²) in [7, 11) is 0. The fraction of sp³-hybridized carbons (Fsp3) is 0. The van der Waals surface area contributed by atoms with Crippen LogP contribution in [0.1, 0.15) is 0 Å². The summed E-state index contributed by atoms with van der Waals surface area (Å²) in [5, 5.41) is 5.06. The number of benzene rings is 12. The van der Waals surface area contributed by atoms with E-state index < -0.39 is 0 Å². The zero-order chi connectivity index (χ0) is 46.6. The fourth-order valence-corrected chi connectivity index (χ4v) is 9.90. The van der Waals surface area contributed by atoms with Crippen molar-refractivity contribution in [3.8, 4) is 55.6 Å². The average molecular weight is 893 g/mol. The van der Waals surface area contributed by atoms with Crippen molar-refractivity contribution in [2.45, 2.75) is 0 Å². The van der Waals surface area contributed by atoms with Crippen molar-refractivity contribution in [1.29, 1.82) is 0 Å². The van der Waals surface area contributed by atoms with Gasteiger partial charge < -0.3 is 9.80 Å². The number of fused-ring (bicyclic) bond motifs is 2. The van der Waals surface area contributed by atoms with Gasteiger partial charge in [0.25, 0.3) is 0 Å². The van der Waals surface area contributed by atoms with Crippen LogP contribution in [-0.4, -0.2) is 0 Å². The molecule has 0 N–H and O–H groups in total. The fourth-order valence-electron chi connectivity index (χ4n) is 9.90. The quantitative estimate of drug-likeness (QED) is 0.128. The topological polar surface area (TPSA) is 6.48 Å². The molecule has 0 radical (unpaired) electrons. The van der Waals surface area contributed by atoms with Crippen molar-refractivity contribution >= 4 is 55.7 Å². The molecule has 0 unspecified atom stereocenters. The van der Waals surface area contributed by atoms with Gasteiger partial charge in [0.15, 0.2) is 0 Å². The molecule has 0 amide bonds. The van der Waals surface area contributed by atoms with Gasteiger partial charge in [-0.3, -0.25) is 0 Å². The van der Waals surface area contributed by atoms with Crippen LogP contribution in [0.4, 0.5) is 34.1 Å². The van der Waals surface area contributed by atoms with E-state index >= 15 is 0 Å². The van der Waals surface area contributed by atoms with Gasteiger partial charge in [-0.25, -0.2) is 0 Å². The lowest BCUT2D eigenvalue weighted by molar-refractivity contribution is 1.28. The zero-order valence-corrected chi connectivity index (χ0v) is 38.6. The minimum absolute atomic E-state index is 1.10. The SMILES string of the molecule is c1ccc(N(c2ccc(-c3ccc(-c4cccc5ccccc45)cc3)cc2)c2ccc(-c3ccc(N(c4ccccc4)c4ccc(-c5ccc(-c6cccc7ccccc67)cc5)cc4)cc3)cc2)cc1. The molecule has 0 saturated heterocycles. The molecule has 0 fully saturated rings. The third kappa shape index (κ3) is 8.40. The molecule has 0 aliphatic rings. The maximum Gasteiger partial charge on any atom is 0.0462 e. The van der Waals surface area contributed by atoms with Gasteiger partial charge in [-0.1, -0.05) is 218 Å². The van der Waals surface area contributed by atoms with E-state index in [-0.39, 0.29) is 0 Å². The second kappa shape index (κ2) is 18.8. The molecule has 0 aromatic heterocycles. The van der Waals surface area contributed by atoms with Crippen LogP contribution in [0.15, 0.2) is 291 Å². The lowest BCUT2D eigenvalue weighted by atomic mass is 9.96. The Labute approximate surface area is 410 Å². The standard InChI is InChI=1S/C68H48N2/c1-3-17-59(18-4-1)69(61-41-33-51(34-42-61)49-25-29-57(30-26-49)67-23-11-15-55-13-7-9-21-65(55)67)63-45-37-53(38-46-63)54-39-47-64(48-40-54)70(60-19-5-2-6-20-60)62-43-35-52(36-44-62)50-27-31-58(32-28-50)68-24-12-16-56-14-8-10-22-66(56)68/h1-48H. The molecule has 12 aromatic carbocycles. The maximum absolute atomic E-state index is 2.32. The van der Waals surface area contributed by atoms with Gasteiger partial charge in [0, 0.05) is 34.1 Å². The monoisotopic (exact) mass is 892 g/mol. The molecule has 0 heterocycles. The maximum atomic E-state index is 2.32. The second-order valence-electron chi connectivity index (χ2n) is 17.7. The third-order valence-corrected chi connectivity index (χ3v) is 13.5. The van der Waals surface area contributed by atoms with Gasteiger partial charge in [-0.05, 0) is 150 Å². The minimum atomic E-state index is 1.10. The molecule has 330 valence electrons. The van der Waals surface area contributed by atoms with E-state index in [2.05, 4.69) is 301 Å². The molecule has 0 aliphatic heterocycles. The highest BCUT2D eigenvalue weighted by molar-refractivity contribution is 5.98. The van der Waals surface area contributed by atoms with E-state index in [0.29, 0.717) is 0 Å². The molecule has 0 atom stereocenters. The number of nitrogens with zero attached hydrogens (tertiary/aromatic N) is 2. The first-order valence-electron chi connectivity index (χ1n) is 24.0. The van der Waals surface area contributed by atoms with Crippen LogP contribution in [0.3, 0.4) is 0 Å². The van der Waals surface area contributed by atoms with Gasteiger partial charge in [-0.2, -0.15) is 0 Å². The first-order chi connectivity index (χ1) is 34.7. The summed E-state index contributed by atoms with van der Waals surface area (Å²) in [6, 6.07) is 105. The summed E-state index contributed by atoms with van der Waals surface area (Å²) in [5.74, 6) is 0. The molecule has 12 aromatic rings. The van der Waals surface area contributed by atoms with Crippen molar-refractivity contribution in [2.24, 2.45) is 0 Å². The summed E-state index contributed by atoms with van der Waals surface area (Å²) in [6.07, 6.45) is 0. The second-order valence-corrected chi connectivity index (χ2v) is 17.7. The van der Waals surface area contributed by atoms with Crippen LogP contribution in [-0.2, 0) is 0 Å². The number of hydrogen-bond acceptors (Lipinski definition) is 2. The Hall–Kier alpha value is -9.24. The highest BCUT2D eigenvalue weighted by Gasteiger charge is 2.16.